The number of carbonyl (C=O) groups is 1. The zero-order valence-electron chi connectivity index (χ0n) is 14.3. The van der Waals surface area contributed by atoms with E-state index in [4.69, 9.17) is 15.2 Å². The van der Waals surface area contributed by atoms with Crippen LogP contribution in [-0.2, 0) is 5.41 Å². The molecular formula is C18H24N2O4. The number of primary amides is 1. The fraction of sp³-hybridized carbons (Fsp3) is 0.500. The first kappa shape index (κ1) is 16.8. The Morgan fingerprint density at radius 1 is 1.38 bits per heavy atom. The van der Waals surface area contributed by atoms with E-state index in [0.29, 0.717) is 23.5 Å². The largest absolute Gasteiger partial charge is 0.493 e. The van der Waals surface area contributed by atoms with Crippen LogP contribution in [0, 0.1) is 0 Å². The SMILES string of the molecule is COc1cc([C@@]23C=C[C@H](O)C[C@@H]2N(C)CC3)cc(C(N)=O)c1OC. The van der Waals surface area contributed by atoms with Gasteiger partial charge in [-0.3, -0.25) is 4.79 Å². The molecule has 1 aromatic rings. The van der Waals surface area contributed by atoms with Gasteiger partial charge in [0.2, 0.25) is 0 Å². The molecule has 1 fully saturated rings. The van der Waals surface area contributed by atoms with Crippen LogP contribution in [0.1, 0.15) is 28.8 Å². The number of aliphatic hydroxyl groups is 1. The van der Waals surface area contributed by atoms with E-state index in [2.05, 4.69) is 18.0 Å². The Morgan fingerprint density at radius 3 is 2.75 bits per heavy atom. The number of nitrogens with zero attached hydrogens (tertiary/aromatic N) is 1. The minimum Gasteiger partial charge on any atom is -0.493 e. The van der Waals surface area contributed by atoms with Crippen LogP contribution in [0.3, 0.4) is 0 Å². The number of hydrogen-bond acceptors (Lipinski definition) is 5. The number of methoxy groups -OCH3 is 2. The summed E-state index contributed by atoms with van der Waals surface area (Å²) in [6, 6.07) is 3.88. The molecular weight excluding hydrogens is 308 g/mol. The summed E-state index contributed by atoms with van der Waals surface area (Å²) < 4.78 is 10.8. The van der Waals surface area contributed by atoms with Crippen molar-refractivity contribution in [1.29, 1.82) is 0 Å². The summed E-state index contributed by atoms with van der Waals surface area (Å²) >= 11 is 0. The van der Waals surface area contributed by atoms with Crippen molar-refractivity contribution >= 4 is 5.91 Å². The van der Waals surface area contributed by atoms with Gasteiger partial charge in [0.1, 0.15) is 0 Å². The maximum absolute atomic E-state index is 11.9. The van der Waals surface area contributed by atoms with E-state index in [9.17, 15) is 9.90 Å². The van der Waals surface area contributed by atoms with E-state index < -0.39 is 12.0 Å². The third-order valence-corrected chi connectivity index (χ3v) is 5.37. The molecule has 1 saturated heterocycles. The van der Waals surface area contributed by atoms with Gasteiger partial charge in [-0.1, -0.05) is 12.2 Å². The van der Waals surface area contributed by atoms with Crippen LogP contribution in [0.2, 0.25) is 0 Å². The highest BCUT2D eigenvalue weighted by atomic mass is 16.5. The van der Waals surface area contributed by atoms with Gasteiger partial charge in [0, 0.05) is 11.5 Å². The predicted molar refractivity (Wildman–Crippen MR) is 90.5 cm³/mol. The van der Waals surface area contributed by atoms with E-state index >= 15 is 0 Å². The molecule has 2 aliphatic rings. The molecule has 3 rings (SSSR count). The van der Waals surface area contributed by atoms with Crippen LogP contribution in [0.25, 0.3) is 0 Å². The topological polar surface area (TPSA) is 85.0 Å². The molecule has 1 aliphatic heterocycles. The summed E-state index contributed by atoms with van der Waals surface area (Å²) in [6.45, 7) is 0.919. The summed E-state index contributed by atoms with van der Waals surface area (Å²) in [6.07, 6.45) is 5.04. The van der Waals surface area contributed by atoms with Crippen LogP contribution >= 0.6 is 0 Å². The van der Waals surface area contributed by atoms with Crippen molar-refractivity contribution in [2.75, 3.05) is 27.8 Å². The number of likely N-dealkylation sites (N-methyl/N-ethyl adjacent to an activating group) is 1. The Bertz CT molecular complexity index is 688. The monoisotopic (exact) mass is 332 g/mol. The van der Waals surface area contributed by atoms with Crippen LogP contribution in [0.15, 0.2) is 24.3 Å². The highest BCUT2D eigenvalue weighted by Gasteiger charge is 2.48. The summed E-state index contributed by atoms with van der Waals surface area (Å²) in [7, 11) is 5.10. The summed E-state index contributed by atoms with van der Waals surface area (Å²) in [5, 5.41) is 10.0. The molecule has 0 bridgehead atoms. The first-order chi connectivity index (χ1) is 11.4. The fourth-order valence-electron chi connectivity index (χ4n) is 4.10. The van der Waals surface area contributed by atoms with Gasteiger partial charge < -0.3 is 25.2 Å². The van der Waals surface area contributed by atoms with Gasteiger partial charge in [-0.25, -0.2) is 0 Å². The number of carbonyl (C=O) groups excluding carboxylic acids is 1. The van der Waals surface area contributed by atoms with Gasteiger partial charge in [-0.05, 0) is 44.1 Å². The maximum Gasteiger partial charge on any atom is 0.252 e. The number of benzene rings is 1. The van der Waals surface area contributed by atoms with Crippen molar-refractivity contribution in [3.8, 4) is 11.5 Å². The molecule has 0 aromatic heterocycles. The minimum absolute atomic E-state index is 0.163. The lowest BCUT2D eigenvalue weighted by atomic mass is 9.69. The summed E-state index contributed by atoms with van der Waals surface area (Å²) in [5.74, 6) is 0.296. The molecule has 0 saturated carbocycles. The first-order valence-electron chi connectivity index (χ1n) is 8.07. The molecule has 1 amide bonds. The Hall–Kier alpha value is -2.05. The molecule has 1 aliphatic carbocycles. The lowest BCUT2D eigenvalue weighted by Crippen LogP contribution is -2.44. The number of nitrogens with two attached hydrogens (primary N) is 1. The molecule has 1 heterocycles. The summed E-state index contributed by atoms with van der Waals surface area (Å²) in [4.78, 5) is 14.2. The molecule has 1 aromatic carbocycles. The van der Waals surface area contributed by atoms with Crippen molar-refractivity contribution in [3.63, 3.8) is 0 Å². The molecule has 0 spiro atoms. The normalized spacial score (nSPS) is 29.3. The van der Waals surface area contributed by atoms with Crippen LogP contribution in [0.5, 0.6) is 11.5 Å². The Morgan fingerprint density at radius 2 is 2.12 bits per heavy atom. The fourth-order valence-corrected chi connectivity index (χ4v) is 4.10. The molecule has 0 radical (unpaired) electrons. The third-order valence-electron chi connectivity index (χ3n) is 5.37. The van der Waals surface area contributed by atoms with Crippen LogP contribution in [-0.4, -0.2) is 55.9 Å². The number of aliphatic hydroxyl groups excluding tert-OH is 1. The van der Waals surface area contributed by atoms with Crippen LogP contribution in [0.4, 0.5) is 0 Å². The number of likely N-dealkylation sites (tertiary alicyclic amines) is 1. The predicted octanol–water partition coefficient (Wildman–Crippen LogP) is 1.07. The van der Waals surface area contributed by atoms with Crippen molar-refractivity contribution in [2.24, 2.45) is 5.73 Å². The zero-order chi connectivity index (χ0) is 17.5. The van der Waals surface area contributed by atoms with E-state index in [1.807, 2.05) is 12.1 Å². The second-order valence-corrected chi connectivity index (χ2v) is 6.57. The van der Waals surface area contributed by atoms with Crippen molar-refractivity contribution in [1.82, 2.24) is 4.90 Å². The number of hydrogen-bond donors (Lipinski definition) is 2. The molecule has 130 valence electrons. The van der Waals surface area contributed by atoms with E-state index in [1.54, 1.807) is 13.2 Å². The number of ether oxygens (including phenoxy) is 2. The highest BCUT2D eigenvalue weighted by Crippen LogP contribution is 2.47. The Balaban J connectivity index is 2.19. The lowest BCUT2D eigenvalue weighted by Gasteiger charge is -2.40. The molecule has 3 N–H and O–H groups in total. The highest BCUT2D eigenvalue weighted by molar-refractivity contribution is 5.97. The minimum atomic E-state index is -0.550. The second-order valence-electron chi connectivity index (χ2n) is 6.57. The van der Waals surface area contributed by atoms with Crippen molar-refractivity contribution < 1.29 is 19.4 Å². The lowest BCUT2D eigenvalue weighted by molar-refractivity contribution is 0.0996. The van der Waals surface area contributed by atoms with Gasteiger partial charge in [0.15, 0.2) is 11.5 Å². The molecule has 24 heavy (non-hydrogen) atoms. The Labute approximate surface area is 141 Å². The number of rotatable bonds is 4. The zero-order valence-corrected chi connectivity index (χ0v) is 14.3. The van der Waals surface area contributed by atoms with Gasteiger partial charge >= 0.3 is 0 Å². The average Bonchev–Trinajstić information content (AvgIpc) is 2.91. The van der Waals surface area contributed by atoms with Gasteiger partial charge in [-0.2, -0.15) is 0 Å². The molecule has 6 nitrogen and oxygen atoms in total. The van der Waals surface area contributed by atoms with Gasteiger partial charge in [0.25, 0.3) is 5.91 Å². The van der Waals surface area contributed by atoms with Crippen LogP contribution < -0.4 is 15.2 Å². The average molecular weight is 332 g/mol. The number of amides is 1. The maximum atomic E-state index is 11.9. The van der Waals surface area contributed by atoms with E-state index in [-0.39, 0.29) is 11.5 Å². The standard InChI is InChI=1S/C18H24N2O4/c1-20-7-6-18(5-4-12(21)10-15(18)20)11-8-13(17(19)22)16(24-3)14(9-11)23-2/h4-5,8-9,12,15,21H,6-7,10H2,1-3H3,(H2,19,22)/t12-,15-,18-/m0/s1. The smallest absolute Gasteiger partial charge is 0.252 e. The van der Waals surface area contributed by atoms with E-state index in [0.717, 1.165) is 18.5 Å². The second kappa shape index (κ2) is 6.11. The van der Waals surface area contributed by atoms with E-state index in [1.165, 1.54) is 7.11 Å². The van der Waals surface area contributed by atoms with Gasteiger partial charge in [0.05, 0.1) is 25.9 Å². The molecule has 6 heteroatoms. The first-order valence-corrected chi connectivity index (χ1v) is 8.07. The van der Waals surface area contributed by atoms with Crippen molar-refractivity contribution in [3.05, 3.63) is 35.4 Å². The number of fused-ring (bicyclic) bond motifs is 1. The molecule has 0 unspecified atom stereocenters. The molecule has 3 atom stereocenters. The summed E-state index contributed by atoms with van der Waals surface area (Å²) in [5.41, 5.74) is 6.57. The quantitative estimate of drug-likeness (QED) is 0.806. The Kier molecular flexibility index (Phi) is 4.27. The van der Waals surface area contributed by atoms with Gasteiger partial charge in [-0.15, -0.1) is 0 Å². The van der Waals surface area contributed by atoms with Crippen molar-refractivity contribution in [2.45, 2.75) is 30.4 Å². The third kappa shape index (κ3) is 2.46.